The van der Waals surface area contributed by atoms with Crippen LogP contribution in [0.5, 0.6) is 23.0 Å². The van der Waals surface area contributed by atoms with Gasteiger partial charge in [-0.05, 0) is 108 Å². The van der Waals surface area contributed by atoms with Crippen molar-refractivity contribution in [2.24, 2.45) is 0 Å². The minimum Gasteiger partial charge on any atom is -0.457 e. The zero-order chi connectivity index (χ0) is 34.4. The van der Waals surface area contributed by atoms with Crippen molar-refractivity contribution in [3.63, 3.8) is 0 Å². The van der Waals surface area contributed by atoms with E-state index < -0.39 is 0 Å². The van der Waals surface area contributed by atoms with Crippen molar-refractivity contribution in [2.45, 2.75) is 0 Å². The van der Waals surface area contributed by atoms with E-state index in [9.17, 15) is 0 Å². The Hall–Kier alpha value is -7.04. The maximum atomic E-state index is 6.25. The summed E-state index contributed by atoms with van der Waals surface area (Å²) in [7, 11) is 0. The molecule has 0 aliphatic heterocycles. The van der Waals surface area contributed by atoms with Crippen molar-refractivity contribution in [1.29, 1.82) is 0 Å². The lowest BCUT2D eigenvalue weighted by Gasteiger charge is -2.11. The fourth-order valence-electron chi connectivity index (χ4n) is 7.43. The van der Waals surface area contributed by atoms with Gasteiger partial charge in [0.1, 0.15) is 23.0 Å². The highest BCUT2D eigenvalue weighted by molar-refractivity contribution is 6.10. The number of nitrogens with zero attached hydrogens (tertiary/aromatic N) is 2. The van der Waals surface area contributed by atoms with E-state index in [-0.39, 0.29) is 0 Å². The van der Waals surface area contributed by atoms with E-state index >= 15 is 0 Å². The van der Waals surface area contributed by atoms with Crippen molar-refractivity contribution in [1.82, 2.24) is 9.13 Å². The molecule has 0 amide bonds. The van der Waals surface area contributed by atoms with Gasteiger partial charge >= 0.3 is 0 Å². The first-order valence-corrected chi connectivity index (χ1v) is 17.5. The standard InChI is InChI=1S/C48H32N2O2/c1-5-13-45-41(9-1)42-10-2-6-14-46(42)49(45)35-21-29-39(30-22-35)51-37-25-17-33(18-26-37)34-19-27-38(28-20-34)52-40-31-23-36(24-32-40)50-47-15-7-3-11-43(47)44-12-4-8-16-48(44)50/h1-32H. The first-order valence-electron chi connectivity index (χ1n) is 17.5. The third-order valence-corrected chi connectivity index (χ3v) is 9.86. The summed E-state index contributed by atoms with van der Waals surface area (Å²) < 4.78 is 17.1. The number of fused-ring (bicyclic) bond motifs is 6. The summed E-state index contributed by atoms with van der Waals surface area (Å²) in [5.74, 6) is 3.17. The second-order valence-corrected chi connectivity index (χ2v) is 13.0. The SMILES string of the molecule is c1ccc2c(c1)c1ccccc1n2-c1ccc(Oc2ccc(-c3ccc(Oc4ccc(-n5c6ccccc6c6ccccc65)cc4)cc3)cc2)cc1. The maximum Gasteiger partial charge on any atom is 0.127 e. The number of rotatable bonds is 7. The van der Waals surface area contributed by atoms with Crippen molar-refractivity contribution >= 4 is 43.6 Å². The van der Waals surface area contributed by atoms with Gasteiger partial charge in [-0.1, -0.05) is 97.1 Å². The van der Waals surface area contributed by atoms with Crippen molar-refractivity contribution in [2.75, 3.05) is 0 Å². The average molecular weight is 669 g/mol. The lowest BCUT2D eigenvalue weighted by molar-refractivity contribution is 0.482. The van der Waals surface area contributed by atoms with Gasteiger partial charge in [-0.2, -0.15) is 0 Å². The Balaban J connectivity index is 0.822. The molecule has 10 aromatic rings. The van der Waals surface area contributed by atoms with Gasteiger partial charge in [0.2, 0.25) is 0 Å². The van der Waals surface area contributed by atoms with Crippen LogP contribution in [0.25, 0.3) is 66.1 Å². The molecule has 0 saturated heterocycles. The number of ether oxygens (including phenoxy) is 2. The third kappa shape index (κ3) is 5.17. The Kier molecular flexibility index (Phi) is 7.10. The Labute approximate surface area is 301 Å². The van der Waals surface area contributed by atoms with Crippen LogP contribution in [0.1, 0.15) is 0 Å². The lowest BCUT2D eigenvalue weighted by atomic mass is 10.1. The second-order valence-electron chi connectivity index (χ2n) is 13.0. The van der Waals surface area contributed by atoms with Gasteiger partial charge in [-0.25, -0.2) is 0 Å². The number of aromatic nitrogens is 2. The Morgan fingerprint density at radius 3 is 0.788 bits per heavy atom. The fraction of sp³-hybridized carbons (Fsp3) is 0. The summed E-state index contributed by atoms with van der Waals surface area (Å²) in [5.41, 5.74) is 9.19. The molecule has 0 bridgehead atoms. The highest BCUT2D eigenvalue weighted by Gasteiger charge is 2.13. The van der Waals surface area contributed by atoms with E-state index in [1.807, 2.05) is 48.5 Å². The first kappa shape index (κ1) is 29.8. The molecule has 0 aliphatic carbocycles. The average Bonchev–Trinajstić information content (AvgIpc) is 3.73. The van der Waals surface area contributed by atoms with Crippen LogP contribution in [0.3, 0.4) is 0 Å². The zero-order valence-corrected chi connectivity index (χ0v) is 28.2. The molecule has 0 atom stereocenters. The molecule has 0 unspecified atom stereocenters. The number of para-hydroxylation sites is 4. The predicted octanol–water partition coefficient (Wildman–Crippen LogP) is 13.1. The maximum absolute atomic E-state index is 6.25. The summed E-state index contributed by atoms with van der Waals surface area (Å²) in [6.07, 6.45) is 0. The summed E-state index contributed by atoms with van der Waals surface area (Å²) in [5, 5.41) is 5.01. The molecule has 246 valence electrons. The third-order valence-electron chi connectivity index (χ3n) is 9.86. The molecule has 2 heterocycles. The van der Waals surface area contributed by atoms with E-state index in [2.05, 4.69) is 155 Å². The quantitative estimate of drug-likeness (QED) is 0.169. The minimum atomic E-state index is 0.790. The number of benzene rings is 8. The van der Waals surface area contributed by atoms with E-state index in [0.717, 1.165) is 45.5 Å². The van der Waals surface area contributed by atoms with Crippen molar-refractivity contribution in [3.05, 3.63) is 194 Å². The van der Waals surface area contributed by atoms with Crippen LogP contribution in [0.2, 0.25) is 0 Å². The van der Waals surface area contributed by atoms with E-state index in [1.165, 1.54) is 43.6 Å². The second kappa shape index (κ2) is 12.4. The van der Waals surface area contributed by atoms with Crippen molar-refractivity contribution in [3.8, 4) is 45.5 Å². The monoisotopic (exact) mass is 668 g/mol. The lowest BCUT2D eigenvalue weighted by Crippen LogP contribution is -1.94. The topological polar surface area (TPSA) is 28.3 Å². The van der Waals surface area contributed by atoms with E-state index in [1.54, 1.807) is 0 Å². The molecule has 10 rings (SSSR count). The van der Waals surface area contributed by atoms with Crippen LogP contribution in [0.15, 0.2) is 194 Å². The summed E-state index contributed by atoms with van der Waals surface area (Å²) in [6, 6.07) is 67.2. The normalized spacial score (nSPS) is 11.5. The van der Waals surface area contributed by atoms with E-state index in [0.29, 0.717) is 0 Å². The molecule has 4 nitrogen and oxygen atoms in total. The summed E-state index contributed by atoms with van der Waals surface area (Å²) in [6.45, 7) is 0. The van der Waals surface area contributed by atoms with Gasteiger partial charge in [0.25, 0.3) is 0 Å². The number of hydrogen-bond acceptors (Lipinski definition) is 2. The highest BCUT2D eigenvalue weighted by atomic mass is 16.5. The largest absolute Gasteiger partial charge is 0.457 e. The van der Waals surface area contributed by atoms with Gasteiger partial charge in [-0.3, -0.25) is 0 Å². The van der Waals surface area contributed by atoms with Crippen LogP contribution in [-0.4, -0.2) is 9.13 Å². The van der Waals surface area contributed by atoms with Crippen LogP contribution in [0.4, 0.5) is 0 Å². The smallest absolute Gasteiger partial charge is 0.127 e. The molecule has 4 heteroatoms. The predicted molar refractivity (Wildman–Crippen MR) is 214 cm³/mol. The number of hydrogen-bond donors (Lipinski definition) is 0. The zero-order valence-electron chi connectivity index (χ0n) is 28.2. The minimum absolute atomic E-state index is 0.790. The van der Waals surface area contributed by atoms with Crippen LogP contribution in [-0.2, 0) is 0 Å². The van der Waals surface area contributed by atoms with Gasteiger partial charge < -0.3 is 18.6 Å². The van der Waals surface area contributed by atoms with Gasteiger partial charge in [0.05, 0.1) is 22.1 Å². The Morgan fingerprint density at radius 2 is 0.500 bits per heavy atom. The van der Waals surface area contributed by atoms with Crippen LogP contribution >= 0.6 is 0 Å². The Morgan fingerprint density at radius 1 is 0.250 bits per heavy atom. The molecular weight excluding hydrogens is 637 g/mol. The molecule has 0 spiro atoms. The van der Waals surface area contributed by atoms with Gasteiger partial charge in [0.15, 0.2) is 0 Å². The molecule has 52 heavy (non-hydrogen) atoms. The van der Waals surface area contributed by atoms with Crippen LogP contribution < -0.4 is 9.47 Å². The molecule has 0 fully saturated rings. The summed E-state index contributed by atoms with van der Waals surface area (Å²) >= 11 is 0. The first-order chi connectivity index (χ1) is 25.8. The van der Waals surface area contributed by atoms with Crippen LogP contribution in [0, 0.1) is 0 Å². The molecular formula is C48H32N2O2. The van der Waals surface area contributed by atoms with Gasteiger partial charge in [-0.15, -0.1) is 0 Å². The van der Waals surface area contributed by atoms with E-state index in [4.69, 9.17) is 9.47 Å². The molecule has 0 aliphatic rings. The molecule has 8 aromatic carbocycles. The summed E-state index contributed by atoms with van der Waals surface area (Å²) in [4.78, 5) is 0. The van der Waals surface area contributed by atoms with Crippen molar-refractivity contribution < 1.29 is 9.47 Å². The Bertz CT molecular complexity index is 2560. The fourth-order valence-corrected chi connectivity index (χ4v) is 7.43. The van der Waals surface area contributed by atoms with Gasteiger partial charge in [0, 0.05) is 32.9 Å². The molecule has 2 aromatic heterocycles. The molecule has 0 N–H and O–H groups in total. The highest BCUT2D eigenvalue weighted by Crippen LogP contribution is 2.35. The molecule has 0 saturated carbocycles. The molecule has 0 radical (unpaired) electrons.